The van der Waals surface area contributed by atoms with Crippen LogP contribution in [0, 0.1) is 12.3 Å². The molecule has 0 aromatic heterocycles. The fraction of sp³-hybridized carbons (Fsp3) is 0.385. The fourth-order valence-corrected chi connectivity index (χ4v) is 2.89. The van der Waals surface area contributed by atoms with Gasteiger partial charge in [-0.3, -0.25) is 0 Å². The Kier molecular flexibility index (Phi) is 4.76. The van der Waals surface area contributed by atoms with E-state index >= 15 is 0 Å². The first-order valence-corrected chi connectivity index (χ1v) is 7.19. The van der Waals surface area contributed by atoms with Gasteiger partial charge in [-0.15, -0.1) is 6.42 Å². The number of sulfonamides is 1. The first kappa shape index (κ1) is 14.6. The van der Waals surface area contributed by atoms with E-state index in [0.29, 0.717) is 5.69 Å². The number of benzene rings is 1. The molecule has 1 rings (SSSR count). The topological polar surface area (TPSA) is 58.2 Å². The van der Waals surface area contributed by atoms with Crippen molar-refractivity contribution in [3.63, 3.8) is 0 Å². The van der Waals surface area contributed by atoms with Crippen LogP contribution in [0.3, 0.4) is 0 Å². The SMILES string of the molecule is C#CC(C)Nc1ccccc1S(=O)(=O)NC(C)C. The quantitative estimate of drug-likeness (QED) is 0.799. The van der Waals surface area contributed by atoms with Crippen molar-refractivity contribution in [3.05, 3.63) is 24.3 Å². The number of rotatable bonds is 5. The van der Waals surface area contributed by atoms with Gasteiger partial charge in [-0.1, -0.05) is 18.1 Å². The largest absolute Gasteiger partial charge is 0.371 e. The number of para-hydroxylation sites is 1. The number of hydrogen-bond acceptors (Lipinski definition) is 3. The molecular weight excluding hydrogens is 248 g/mol. The summed E-state index contributed by atoms with van der Waals surface area (Å²) in [7, 11) is -3.53. The van der Waals surface area contributed by atoms with Crippen LogP contribution >= 0.6 is 0 Å². The summed E-state index contributed by atoms with van der Waals surface area (Å²) in [6.07, 6.45) is 5.28. The molecule has 0 fully saturated rings. The van der Waals surface area contributed by atoms with Crippen molar-refractivity contribution in [1.82, 2.24) is 4.72 Å². The predicted molar refractivity (Wildman–Crippen MR) is 73.8 cm³/mol. The molecule has 0 aliphatic heterocycles. The lowest BCUT2D eigenvalue weighted by atomic mass is 10.3. The van der Waals surface area contributed by atoms with Crippen molar-refractivity contribution in [2.75, 3.05) is 5.32 Å². The summed E-state index contributed by atoms with van der Waals surface area (Å²) in [4.78, 5) is 0.209. The van der Waals surface area contributed by atoms with E-state index in [1.807, 2.05) is 0 Å². The molecule has 0 amide bonds. The van der Waals surface area contributed by atoms with E-state index in [2.05, 4.69) is 16.0 Å². The Morgan fingerprint density at radius 2 is 1.83 bits per heavy atom. The van der Waals surface area contributed by atoms with Gasteiger partial charge in [0.25, 0.3) is 0 Å². The van der Waals surface area contributed by atoms with E-state index in [1.54, 1.807) is 45.0 Å². The Hall–Kier alpha value is -1.51. The second kappa shape index (κ2) is 5.89. The molecule has 0 radical (unpaired) electrons. The standard InChI is InChI=1S/C13H18N2O2S/c1-5-11(4)14-12-8-6-7-9-13(12)18(16,17)15-10(2)3/h1,6-11,14-15H,2-4H3. The summed E-state index contributed by atoms with van der Waals surface area (Å²) in [6.45, 7) is 5.34. The van der Waals surface area contributed by atoms with Crippen LogP contribution in [0.25, 0.3) is 0 Å². The number of terminal acetylenes is 1. The van der Waals surface area contributed by atoms with E-state index in [1.165, 1.54) is 0 Å². The van der Waals surface area contributed by atoms with Gasteiger partial charge in [-0.05, 0) is 32.9 Å². The maximum Gasteiger partial charge on any atom is 0.242 e. The molecule has 0 spiro atoms. The second-order valence-corrected chi connectivity index (χ2v) is 5.99. The molecule has 0 saturated carbocycles. The van der Waals surface area contributed by atoms with Crippen LogP contribution in [0.2, 0.25) is 0 Å². The molecule has 0 bridgehead atoms. The van der Waals surface area contributed by atoms with Crippen LogP contribution < -0.4 is 10.0 Å². The van der Waals surface area contributed by atoms with Gasteiger partial charge in [-0.2, -0.15) is 0 Å². The van der Waals surface area contributed by atoms with Crippen molar-refractivity contribution in [3.8, 4) is 12.3 Å². The van der Waals surface area contributed by atoms with Crippen LogP contribution in [-0.4, -0.2) is 20.5 Å². The second-order valence-electron chi connectivity index (χ2n) is 4.30. The van der Waals surface area contributed by atoms with Gasteiger partial charge in [0.2, 0.25) is 10.0 Å². The van der Waals surface area contributed by atoms with Crippen molar-refractivity contribution in [2.45, 2.75) is 37.8 Å². The smallest absolute Gasteiger partial charge is 0.242 e. The zero-order valence-corrected chi connectivity index (χ0v) is 11.6. The molecule has 98 valence electrons. The molecule has 1 unspecified atom stereocenters. The van der Waals surface area contributed by atoms with Crippen molar-refractivity contribution < 1.29 is 8.42 Å². The minimum atomic E-state index is -3.53. The third-order valence-corrected chi connectivity index (χ3v) is 3.91. The molecule has 18 heavy (non-hydrogen) atoms. The Bertz CT molecular complexity index is 544. The monoisotopic (exact) mass is 266 g/mol. The van der Waals surface area contributed by atoms with Crippen LogP contribution in [0.5, 0.6) is 0 Å². The zero-order chi connectivity index (χ0) is 13.8. The van der Waals surface area contributed by atoms with Gasteiger partial charge in [-0.25, -0.2) is 13.1 Å². The van der Waals surface area contributed by atoms with Crippen molar-refractivity contribution in [2.24, 2.45) is 0 Å². The molecule has 0 heterocycles. The van der Waals surface area contributed by atoms with Gasteiger partial charge in [0.05, 0.1) is 11.7 Å². The highest BCUT2D eigenvalue weighted by Gasteiger charge is 2.19. The van der Waals surface area contributed by atoms with Gasteiger partial charge in [0.1, 0.15) is 4.90 Å². The molecule has 1 aromatic rings. The van der Waals surface area contributed by atoms with Crippen LogP contribution in [0.15, 0.2) is 29.2 Å². The van der Waals surface area contributed by atoms with Crippen molar-refractivity contribution >= 4 is 15.7 Å². The summed E-state index contributed by atoms with van der Waals surface area (Å²) < 4.78 is 26.8. The number of hydrogen-bond donors (Lipinski definition) is 2. The predicted octanol–water partition coefficient (Wildman–Crippen LogP) is 1.81. The third-order valence-electron chi connectivity index (χ3n) is 2.19. The minimum absolute atomic E-state index is 0.159. The van der Waals surface area contributed by atoms with Crippen LogP contribution in [0.1, 0.15) is 20.8 Å². The minimum Gasteiger partial charge on any atom is -0.371 e. The summed E-state index contributed by atoms with van der Waals surface area (Å²) in [5.41, 5.74) is 0.510. The first-order chi connectivity index (χ1) is 8.36. The molecule has 0 saturated heterocycles. The first-order valence-electron chi connectivity index (χ1n) is 5.71. The Morgan fingerprint density at radius 3 is 2.39 bits per heavy atom. The van der Waals surface area contributed by atoms with E-state index in [0.717, 1.165) is 0 Å². The molecule has 0 aliphatic carbocycles. The maximum atomic E-state index is 12.1. The van der Waals surface area contributed by atoms with E-state index < -0.39 is 10.0 Å². The van der Waals surface area contributed by atoms with E-state index in [4.69, 9.17) is 6.42 Å². The molecule has 0 aliphatic rings. The molecule has 1 atom stereocenters. The Labute approximate surface area is 109 Å². The highest BCUT2D eigenvalue weighted by molar-refractivity contribution is 7.89. The lowest BCUT2D eigenvalue weighted by molar-refractivity contribution is 0.570. The lowest BCUT2D eigenvalue weighted by Crippen LogP contribution is -2.31. The summed E-state index contributed by atoms with van der Waals surface area (Å²) >= 11 is 0. The number of anilines is 1. The van der Waals surface area contributed by atoms with E-state index in [-0.39, 0.29) is 17.0 Å². The highest BCUT2D eigenvalue weighted by Crippen LogP contribution is 2.21. The zero-order valence-electron chi connectivity index (χ0n) is 10.8. The normalized spacial score (nSPS) is 13.1. The average Bonchev–Trinajstić information content (AvgIpc) is 2.27. The van der Waals surface area contributed by atoms with Gasteiger partial charge < -0.3 is 5.32 Å². The summed E-state index contributed by atoms with van der Waals surface area (Å²) in [5.74, 6) is 2.51. The lowest BCUT2D eigenvalue weighted by Gasteiger charge is -2.16. The van der Waals surface area contributed by atoms with Crippen LogP contribution in [-0.2, 0) is 10.0 Å². The van der Waals surface area contributed by atoms with Gasteiger partial charge >= 0.3 is 0 Å². The molecule has 4 nitrogen and oxygen atoms in total. The molecular formula is C13H18N2O2S. The fourth-order valence-electron chi connectivity index (χ4n) is 1.47. The molecule has 2 N–H and O–H groups in total. The highest BCUT2D eigenvalue weighted by atomic mass is 32.2. The Morgan fingerprint density at radius 1 is 1.22 bits per heavy atom. The number of nitrogens with one attached hydrogen (secondary N) is 2. The van der Waals surface area contributed by atoms with Gasteiger partial charge in [0.15, 0.2) is 0 Å². The average molecular weight is 266 g/mol. The Balaban J connectivity index is 3.14. The maximum absolute atomic E-state index is 12.1. The molecule has 1 aromatic carbocycles. The molecule has 5 heteroatoms. The van der Waals surface area contributed by atoms with Gasteiger partial charge in [0, 0.05) is 6.04 Å². The van der Waals surface area contributed by atoms with E-state index in [9.17, 15) is 8.42 Å². The van der Waals surface area contributed by atoms with Crippen LogP contribution in [0.4, 0.5) is 5.69 Å². The van der Waals surface area contributed by atoms with Crippen molar-refractivity contribution in [1.29, 1.82) is 0 Å². The third kappa shape index (κ3) is 3.76. The summed E-state index contributed by atoms with van der Waals surface area (Å²) in [5, 5.41) is 2.98. The summed E-state index contributed by atoms with van der Waals surface area (Å²) in [6, 6.07) is 6.30.